The minimum Gasteiger partial charge on any atom is -0.381 e. The van der Waals surface area contributed by atoms with Gasteiger partial charge < -0.3 is 20.5 Å². The maximum Gasteiger partial charge on any atom is 0.236 e. The number of carbonyl (C=O) groups is 1. The molecular weight excluding hydrogens is 232 g/mol. The molecule has 1 fully saturated rings. The minimum absolute atomic E-state index is 0.0546. The Morgan fingerprint density at radius 1 is 1.61 bits per heavy atom. The van der Waals surface area contributed by atoms with Gasteiger partial charge >= 0.3 is 0 Å². The van der Waals surface area contributed by atoms with Gasteiger partial charge in [0.1, 0.15) is 0 Å². The Morgan fingerprint density at radius 3 is 3.11 bits per heavy atom. The van der Waals surface area contributed by atoms with Gasteiger partial charge in [0, 0.05) is 25.7 Å². The number of rotatable bonds is 9. The van der Waals surface area contributed by atoms with Crippen LogP contribution in [0.15, 0.2) is 0 Å². The summed E-state index contributed by atoms with van der Waals surface area (Å²) < 4.78 is 10.8. The molecule has 1 aliphatic heterocycles. The number of hydrogen-bond acceptors (Lipinski definition) is 4. The molecule has 0 bridgehead atoms. The highest BCUT2D eigenvalue weighted by molar-refractivity contribution is 5.81. The summed E-state index contributed by atoms with van der Waals surface area (Å²) in [5, 5.41) is 2.83. The van der Waals surface area contributed by atoms with E-state index in [9.17, 15) is 4.79 Å². The minimum atomic E-state index is -0.369. The fraction of sp³-hybridized carbons (Fsp3) is 0.923. The van der Waals surface area contributed by atoms with E-state index in [2.05, 4.69) is 5.32 Å². The Hall–Kier alpha value is -0.650. The predicted molar refractivity (Wildman–Crippen MR) is 70.3 cm³/mol. The first-order valence-corrected chi connectivity index (χ1v) is 6.92. The maximum atomic E-state index is 11.5. The predicted octanol–water partition coefficient (Wildman–Crippen LogP) is 0.673. The molecule has 0 aromatic carbocycles. The molecule has 1 aliphatic rings. The SMILES string of the molecule is CCCC(N)C(=O)NCCCOCC1CCOC1. The zero-order chi connectivity index (χ0) is 13.2. The number of ether oxygens (including phenoxy) is 2. The molecule has 2 unspecified atom stereocenters. The first-order valence-electron chi connectivity index (χ1n) is 6.92. The summed E-state index contributed by atoms with van der Waals surface area (Å²) in [7, 11) is 0. The van der Waals surface area contributed by atoms with E-state index >= 15 is 0 Å². The summed E-state index contributed by atoms with van der Waals surface area (Å²) in [4.78, 5) is 11.5. The van der Waals surface area contributed by atoms with Crippen LogP contribution in [-0.4, -0.2) is 44.9 Å². The fourth-order valence-electron chi connectivity index (χ4n) is 1.92. The van der Waals surface area contributed by atoms with Crippen LogP contribution in [0.4, 0.5) is 0 Å². The first-order chi connectivity index (χ1) is 8.74. The number of carbonyl (C=O) groups excluding carboxylic acids is 1. The molecule has 1 amide bonds. The van der Waals surface area contributed by atoms with Crippen molar-refractivity contribution in [1.82, 2.24) is 5.32 Å². The van der Waals surface area contributed by atoms with Crippen LogP contribution in [0, 0.1) is 5.92 Å². The van der Waals surface area contributed by atoms with Gasteiger partial charge in [-0.2, -0.15) is 0 Å². The van der Waals surface area contributed by atoms with Crippen LogP contribution in [0.25, 0.3) is 0 Å². The zero-order valence-corrected chi connectivity index (χ0v) is 11.3. The van der Waals surface area contributed by atoms with E-state index in [1.165, 1.54) is 0 Å². The number of nitrogens with two attached hydrogens (primary N) is 1. The standard InChI is InChI=1S/C13H26N2O3/c1-2-4-12(14)13(16)15-6-3-7-17-9-11-5-8-18-10-11/h11-12H,2-10,14H2,1H3,(H,15,16). The van der Waals surface area contributed by atoms with Crippen LogP contribution < -0.4 is 11.1 Å². The molecule has 2 atom stereocenters. The van der Waals surface area contributed by atoms with Crippen molar-refractivity contribution in [1.29, 1.82) is 0 Å². The van der Waals surface area contributed by atoms with E-state index in [1.54, 1.807) is 0 Å². The Morgan fingerprint density at radius 2 is 2.44 bits per heavy atom. The summed E-state index contributed by atoms with van der Waals surface area (Å²) in [6.45, 7) is 5.79. The smallest absolute Gasteiger partial charge is 0.236 e. The molecule has 5 heteroatoms. The maximum absolute atomic E-state index is 11.5. The molecule has 106 valence electrons. The van der Waals surface area contributed by atoms with E-state index in [0.717, 1.165) is 45.5 Å². The van der Waals surface area contributed by atoms with Crippen molar-refractivity contribution < 1.29 is 14.3 Å². The summed E-state index contributed by atoms with van der Waals surface area (Å²) >= 11 is 0. The van der Waals surface area contributed by atoms with Gasteiger partial charge in [-0.3, -0.25) is 4.79 Å². The molecule has 0 aliphatic carbocycles. The average Bonchev–Trinajstić information content (AvgIpc) is 2.86. The van der Waals surface area contributed by atoms with Crippen LogP contribution in [0.2, 0.25) is 0 Å². The molecule has 1 heterocycles. The molecule has 1 saturated heterocycles. The van der Waals surface area contributed by atoms with E-state index in [-0.39, 0.29) is 11.9 Å². The van der Waals surface area contributed by atoms with Gasteiger partial charge in [-0.1, -0.05) is 13.3 Å². The monoisotopic (exact) mass is 258 g/mol. The second-order valence-electron chi connectivity index (χ2n) is 4.84. The average molecular weight is 258 g/mol. The lowest BCUT2D eigenvalue weighted by Gasteiger charge is -2.12. The van der Waals surface area contributed by atoms with E-state index in [1.807, 2.05) is 6.92 Å². The van der Waals surface area contributed by atoms with E-state index in [4.69, 9.17) is 15.2 Å². The number of nitrogens with one attached hydrogen (secondary N) is 1. The Labute approximate surface area is 109 Å². The van der Waals surface area contributed by atoms with Gasteiger partial charge in [-0.15, -0.1) is 0 Å². The van der Waals surface area contributed by atoms with Crippen LogP contribution in [0.5, 0.6) is 0 Å². The third-order valence-corrected chi connectivity index (χ3v) is 3.08. The van der Waals surface area contributed by atoms with Crippen molar-refractivity contribution in [3.8, 4) is 0 Å². The Balaban J connectivity index is 1.89. The lowest BCUT2D eigenvalue weighted by molar-refractivity contribution is -0.122. The molecule has 0 radical (unpaired) electrons. The topological polar surface area (TPSA) is 73.6 Å². The van der Waals surface area contributed by atoms with Gasteiger partial charge in [-0.25, -0.2) is 0 Å². The van der Waals surface area contributed by atoms with Crippen molar-refractivity contribution >= 4 is 5.91 Å². The molecule has 5 nitrogen and oxygen atoms in total. The number of hydrogen-bond donors (Lipinski definition) is 2. The van der Waals surface area contributed by atoms with Crippen molar-refractivity contribution in [2.75, 3.05) is 33.0 Å². The Kier molecular flexibility index (Phi) is 7.96. The summed E-state index contributed by atoms with van der Waals surface area (Å²) in [5.41, 5.74) is 5.69. The summed E-state index contributed by atoms with van der Waals surface area (Å²) in [6, 6.07) is -0.369. The highest BCUT2D eigenvalue weighted by atomic mass is 16.5. The molecule has 0 aromatic rings. The quantitative estimate of drug-likeness (QED) is 0.596. The molecule has 18 heavy (non-hydrogen) atoms. The van der Waals surface area contributed by atoms with Gasteiger partial charge in [0.05, 0.1) is 19.3 Å². The van der Waals surface area contributed by atoms with Crippen molar-refractivity contribution in [3.05, 3.63) is 0 Å². The second-order valence-corrected chi connectivity index (χ2v) is 4.84. The molecule has 3 N–H and O–H groups in total. The molecule has 0 spiro atoms. The van der Waals surface area contributed by atoms with Crippen molar-refractivity contribution in [3.63, 3.8) is 0 Å². The van der Waals surface area contributed by atoms with Crippen LogP contribution >= 0.6 is 0 Å². The van der Waals surface area contributed by atoms with Crippen LogP contribution in [-0.2, 0) is 14.3 Å². The van der Waals surface area contributed by atoms with Crippen molar-refractivity contribution in [2.24, 2.45) is 11.7 Å². The summed E-state index contributed by atoms with van der Waals surface area (Å²) in [5.74, 6) is 0.499. The van der Waals surface area contributed by atoms with Gasteiger partial charge in [0.15, 0.2) is 0 Å². The summed E-state index contributed by atoms with van der Waals surface area (Å²) in [6.07, 6.45) is 3.60. The number of amides is 1. The molecule has 0 aromatic heterocycles. The highest BCUT2D eigenvalue weighted by Gasteiger charge is 2.15. The fourth-order valence-corrected chi connectivity index (χ4v) is 1.92. The normalized spacial score (nSPS) is 20.9. The third kappa shape index (κ3) is 6.33. The van der Waals surface area contributed by atoms with Crippen molar-refractivity contribution in [2.45, 2.75) is 38.6 Å². The Bertz CT molecular complexity index is 230. The van der Waals surface area contributed by atoms with Crippen LogP contribution in [0.3, 0.4) is 0 Å². The lowest BCUT2D eigenvalue weighted by atomic mass is 10.1. The lowest BCUT2D eigenvalue weighted by Crippen LogP contribution is -2.41. The first kappa shape index (κ1) is 15.4. The van der Waals surface area contributed by atoms with Gasteiger partial charge in [0.25, 0.3) is 0 Å². The van der Waals surface area contributed by atoms with Crippen LogP contribution in [0.1, 0.15) is 32.6 Å². The zero-order valence-electron chi connectivity index (χ0n) is 11.3. The van der Waals surface area contributed by atoms with E-state index < -0.39 is 0 Å². The third-order valence-electron chi connectivity index (χ3n) is 3.08. The van der Waals surface area contributed by atoms with E-state index in [0.29, 0.717) is 19.1 Å². The van der Waals surface area contributed by atoms with Gasteiger partial charge in [-0.05, 0) is 19.3 Å². The molecule has 1 rings (SSSR count). The second kappa shape index (κ2) is 9.30. The molecular formula is C13H26N2O3. The largest absolute Gasteiger partial charge is 0.381 e. The van der Waals surface area contributed by atoms with Gasteiger partial charge in [0.2, 0.25) is 5.91 Å². The highest BCUT2D eigenvalue weighted by Crippen LogP contribution is 2.12. The molecule has 0 saturated carbocycles.